The van der Waals surface area contributed by atoms with Gasteiger partial charge in [0.05, 0.1) is 27.0 Å². The molecular weight excluding hydrogens is 450 g/mol. The highest BCUT2D eigenvalue weighted by atomic mass is 35.5. The normalized spacial score (nSPS) is 16.8. The molecule has 0 unspecified atom stereocenters. The summed E-state index contributed by atoms with van der Waals surface area (Å²) in [6.07, 6.45) is 2.55. The molecule has 6 nitrogen and oxygen atoms in total. The Hall–Kier alpha value is -3.12. The number of hydrogen-bond acceptors (Lipinski definition) is 4. The number of carbonyl (C=O) groups is 1. The molecule has 3 heterocycles. The quantitative estimate of drug-likeness (QED) is 0.450. The molecule has 0 N–H and O–H groups in total. The molecule has 7 heteroatoms. The maximum Gasteiger partial charge on any atom is 0.410 e. The Labute approximate surface area is 203 Å². The van der Waals surface area contributed by atoms with E-state index in [1.807, 2.05) is 32.9 Å². The molecule has 0 fully saturated rings. The Morgan fingerprint density at radius 1 is 1.18 bits per heavy atom. The van der Waals surface area contributed by atoms with E-state index in [1.54, 1.807) is 11.0 Å². The van der Waals surface area contributed by atoms with E-state index in [1.165, 1.54) is 5.57 Å². The minimum atomic E-state index is -0.512. The minimum absolute atomic E-state index is 0.286. The molecule has 5 rings (SSSR count). The lowest BCUT2D eigenvalue weighted by Gasteiger charge is -2.29. The predicted octanol–water partition coefficient (Wildman–Crippen LogP) is 5.70. The summed E-state index contributed by atoms with van der Waals surface area (Å²) in [5, 5.41) is 0.844. The second-order valence-electron chi connectivity index (χ2n) is 10.5. The first-order chi connectivity index (χ1) is 16.0. The van der Waals surface area contributed by atoms with Crippen LogP contribution in [0.15, 0.2) is 47.3 Å². The van der Waals surface area contributed by atoms with Gasteiger partial charge in [0.25, 0.3) is 5.56 Å². The Morgan fingerprint density at radius 3 is 2.62 bits per heavy atom. The van der Waals surface area contributed by atoms with Crippen LogP contribution in [0.2, 0.25) is 5.02 Å². The number of benzene rings is 2. The molecule has 0 aliphatic carbocycles. The molecule has 0 bridgehead atoms. The molecule has 2 aliphatic rings. The predicted molar refractivity (Wildman–Crippen MR) is 135 cm³/mol. The third-order valence-corrected chi connectivity index (χ3v) is 6.88. The molecule has 2 aliphatic heterocycles. The van der Waals surface area contributed by atoms with Gasteiger partial charge in [-0.1, -0.05) is 35.9 Å². The van der Waals surface area contributed by atoms with Crippen molar-refractivity contribution < 1.29 is 9.53 Å². The lowest BCUT2D eigenvalue weighted by molar-refractivity contribution is 0.0270. The van der Waals surface area contributed by atoms with Crippen LogP contribution < -0.4 is 5.56 Å². The Kier molecular flexibility index (Phi) is 5.13. The number of nitrogens with zero attached hydrogens (tertiary/aromatic N) is 3. The molecule has 0 saturated heterocycles. The van der Waals surface area contributed by atoms with Crippen molar-refractivity contribution in [2.45, 2.75) is 52.1 Å². The Morgan fingerprint density at radius 2 is 1.94 bits per heavy atom. The van der Waals surface area contributed by atoms with E-state index in [-0.39, 0.29) is 11.7 Å². The van der Waals surface area contributed by atoms with Gasteiger partial charge in [0, 0.05) is 13.1 Å². The van der Waals surface area contributed by atoms with E-state index in [4.69, 9.17) is 16.3 Å². The smallest absolute Gasteiger partial charge is 0.410 e. The zero-order valence-electron chi connectivity index (χ0n) is 20.1. The molecule has 0 atom stereocenters. The van der Waals surface area contributed by atoms with Crippen LogP contribution in [0.4, 0.5) is 4.79 Å². The van der Waals surface area contributed by atoms with Gasteiger partial charge in [0.1, 0.15) is 11.4 Å². The second-order valence-corrected chi connectivity index (χ2v) is 10.9. The molecule has 0 spiro atoms. The van der Waals surface area contributed by atoms with Crippen molar-refractivity contribution in [2.75, 3.05) is 13.1 Å². The summed E-state index contributed by atoms with van der Waals surface area (Å²) in [5.74, 6) is 0.716. The summed E-state index contributed by atoms with van der Waals surface area (Å²) in [5.41, 5.74) is 3.94. The fraction of sp³-hybridized carbons (Fsp3) is 0.370. The average molecular weight is 478 g/mol. The fourth-order valence-electron chi connectivity index (χ4n) is 4.88. The number of ether oxygens (including phenoxy) is 1. The lowest BCUT2D eigenvalue weighted by Crippen LogP contribution is -2.39. The monoisotopic (exact) mass is 477 g/mol. The van der Waals surface area contributed by atoms with Gasteiger partial charge >= 0.3 is 6.09 Å². The number of carbonyl (C=O) groups excluding carboxylic acids is 1. The maximum absolute atomic E-state index is 12.8. The van der Waals surface area contributed by atoms with Gasteiger partial charge in [-0.05, 0) is 75.9 Å². The third kappa shape index (κ3) is 3.61. The highest BCUT2D eigenvalue weighted by Gasteiger charge is 2.39. The number of amides is 1. The van der Waals surface area contributed by atoms with E-state index in [0.717, 1.165) is 28.8 Å². The standard InChI is InChI=1S/C27H28ClN3O3/c1-26(2,3)34-25(33)30-13-11-16(12-14-30)17-9-10-18-21(15-17)31-20-8-6-7-19(28)22(20)23(32)29-24(31)27(18,4)5/h6-11,15H,12-14H2,1-5H3. The summed E-state index contributed by atoms with van der Waals surface area (Å²) < 4.78 is 7.58. The molecule has 0 saturated carbocycles. The number of fused-ring (bicyclic) bond motifs is 5. The van der Waals surface area contributed by atoms with Crippen LogP contribution in [0, 0.1) is 0 Å². The number of rotatable bonds is 1. The fourth-order valence-corrected chi connectivity index (χ4v) is 5.13. The van der Waals surface area contributed by atoms with Crippen LogP contribution in [0.25, 0.3) is 22.2 Å². The lowest BCUT2D eigenvalue weighted by atomic mass is 9.84. The molecule has 0 radical (unpaired) electrons. The number of hydrogen-bond donors (Lipinski definition) is 0. The Bertz CT molecular complexity index is 1430. The molecule has 2 aromatic carbocycles. The van der Waals surface area contributed by atoms with Crippen LogP contribution in [0.1, 0.15) is 58.0 Å². The van der Waals surface area contributed by atoms with Gasteiger partial charge < -0.3 is 9.64 Å². The van der Waals surface area contributed by atoms with E-state index in [0.29, 0.717) is 29.3 Å². The SMILES string of the molecule is CC(C)(C)OC(=O)N1CC=C(c2ccc3c(c2)-n2c(nc(=O)c4c(Cl)cccc42)C3(C)C)CC1. The second kappa shape index (κ2) is 7.70. The van der Waals surface area contributed by atoms with E-state index >= 15 is 0 Å². The van der Waals surface area contributed by atoms with Crippen molar-refractivity contribution >= 4 is 34.2 Å². The van der Waals surface area contributed by atoms with Crippen molar-refractivity contribution in [3.8, 4) is 5.69 Å². The summed E-state index contributed by atoms with van der Waals surface area (Å²) in [4.78, 5) is 31.4. The van der Waals surface area contributed by atoms with Crippen molar-refractivity contribution in [2.24, 2.45) is 0 Å². The van der Waals surface area contributed by atoms with Crippen molar-refractivity contribution in [3.63, 3.8) is 0 Å². The maximum atomic E-state index is 12.8. The van der Waals surface area contributed by atoms with Crippen LogP contribution >= 0.6 is 11.6 Å². The van der Waals surface area contributed by atoms with Crippen molar-refractivity contribution in [1.82, 2.24) is 14.5 Å². The van der Waals surface area contributed by atoms with Gasteiger partial charge in [0.2, 0.25) is 0 Å². The molecule has 34 heavy (non-hydrogen) atoms. The van der Waals surface area contributed by atoms with Crippen LogP contribution in [-0.4, -0.2) is 39.2 Å². The first-order valence-corrected chi connectivity index (χ1v) is 11.9. The first-order valence-electron chi connectivity index (χ1n) is 11.5. The van der Waals surface area contributed by atoms with Gasteiger partial charge in [-0.25, -0.2) is 4.79 Å². The van der Waals surface area contributed by atoms with Crippen LogP contribution in [0.5, 0.6) is 0 Å². The number of aromatic nitrogens is 2. The van der Waals surface area contributed by atoms with Crippen molar-refractivity contribution in [3.05, 3.63) is 74.8 Å². The van der Waals surface area contributed by atoms with Gasteiger partial charge in [0.15, 0.2) is 0 Å². The highest BCUT2D eigenvalue weighted by molar-refractivity contribution is 6.35. The van der Waals surface area contributed by atoms with Gasteiger partial charge in [-0.3, -0.25) is 9.36 Å². The summed E-state index contributed by atoms with van der Waals surface area (Å²) in [6.45, 7) is 10.9. The topological polar surface area (TPSA) is 64.4 Å². The molecule has 176 valence electrons. The van der Waals surface area contributed by atoms with Gasteiger partial charge in [-0.2, -0.15) is 4.98 Å². The average Bonchev–Trinajstić information content (AvgIpc) is 2.99. The van der Waals surface area contributed by atoms with Gasteiger partial charge in [-0.15, -0.1) is 0 Å². The molecule has 3 aromatic rings. The summed E-state index contributed by atoms with van der Waals surface area (Å²) in [7, 11) is 0. The Balaban J connectivity index is 1.56. The third-order valence-electron chi connectivity index (χ3n) is 6.57. The van der Waals surface area contributed by atoms with Crippen LogP contribution in [0.3, 0.4) is 0 Å². The van der Waals surface area contributed by atoms with E-state index < -0.39 is 11.0 Å². The highest BCUT2D eigenvalue weighted by Crippen LogP contribution is 2.44. The van der Waals surface area contributed by atoms with E-state index in [9.17, 15) is 9.59 Å². The molecule has 1 aromatic heterocycles. The summed E-state index contributed by atoms with van der Waals surface area (Å²) in [6, 6.07) is 11.9. The van der Waals surface area contributed by atoms with Crippen molar-refractivity contribution in [1.29, 1.82) is 0 Å². The molecule has 1 amide bonds. The number of halogens is 1. The molecular formula is C27H28ClN3O3. The first kappa shape index (κ1) is 22.7. The zero-order chi connectivity index (χ0) is 24.4. The van der Waals surface area contributed by atoms with Crippen LogP contribution in [-0.2, 0) is 10.2 Å². The minimum Gasteiger partial charge on any atom is -0.444 e. The zero-order valence-corrected chi connectivity index (χ0v) is 20.9. The largest absolute Gasteiger partial charge is 0.444 e. The van der Waals surface area contributed by atoms with E-state index in [2.05, 4.69) is 47.7 Å². The summed E-state index contributed by atoms with van der Waals surface area (Å²) >= 11 is 6.39.